The molecule has 0 aromatic rings. The van der Waals surface area contributed by atoms with Crippen molar-refractivity contribution in [2.75, 3.05) is 19.8 Å². The molecule has 0 aromatic heterocycles. The molecule has 0 aliphatic carbocycles. The zero-order chi connectivity index (χ0) is 11.7. The normalized spacial score (nSPS) is 9.27. The molecule has 15 heavy (non-hydrogen) atoms. The minimum atomic E-state index is -0.541. The highest BCUT2D eigenvalue weighted by atomic mass is 28.2. The second kappa shape index (κ2) is 8.16. The predicted molar refractivity (Wildman–Crippen MR) is 57.9 cm³/mol. The number of carbonyl (C=O) groups is 1. The fourth-order valence-corrected chi connectivity index (χ4v) is 1.06. The quantitative estimate of drug-likeness (QED) is 0.355. The minimum absolute atomic E-state index is 0.0104. The third-order valence-electron chi connectivity index (χ3n) is 1.40. The Kier molecular flexibility index (Phi) is 7.52. The van der Waals surface area contributed by atoms with Crippen LogP contribution >= 0.6 is 0 Å². The highest BCUT2D eigenvalue weighted by Crippen LogP contribution is 2.11. The van der Waals surface area contributed by atoms with Gasteiger partial charge in [0.05, 0.1) is 19.8 Å². The molecule has 0 radical (unpaired) electrons. The molecule has 0 aliphatic heterocycles. The molecular weight excluding hydrogens is 216 g/mol. The van der Waals surface area contributed by atoms with Gasteiger partial charge in [-0.3, -0.25) is 0 Å². The van der Waals surface area contributed by atoms with Gasteiger partial charge in [0.15, 0.2) is 0 Å². The molecular formula is C9H18O5Si. The maximum Gasteiger partial charge on any atom is 0.367 e. The van der Waals surface area contributed by atoms with Gasteiger partial charge in [0.1, 0.15) is 0 Å². The van der Waals surface area contributed by atoms with E-state index in [4.69, 9.17) is 18.6 Å². The van der Waals surface area contributed by atoms with Gasteiger partial charge >= 0.3 is 11.9 Å². The van der Waals surface area contributed by atoms with Crippen molar-refractivity contribution in [3.8, 4) is 0 Å². The van der Waals surface area contributed by atoms with Crippen molar-refractivity contribution in [3.05, 3.63) is 11.7 Å². The molecule has 0 heterocycles. The van der Waals surface area contributed by atoms with Crippen molar-refractivity contribution in [2.24, 2.45) is 0 Å². The Labute approximate surface area is 92.9 Å². The van der Waals surface area contributed by atoms with Crippen LogP contribution in [0.15, 0.2) is 11.7 Å². The van der Waals surface area contributed by atoms with E-state index in [9.17, 15) is 4.79 Å². The molecule has 0 aliphatic rings. The van der Waals surface area contributed by atoms with E-state index in [2.05, 4.69) is 0 Å². The van der Waals surface area contributed by atoms with Gasteiger partial charge in [0, 0.05) is 0 Å². The summed E-state index contributed by atoms with van der Waals surface area (Å²) in [4.78, 5) is 11.4. The monoisotopic (exact) mass is 234 g/mol. The number of hydrogen-bond acceptors (Lipinski definition) is 5. The standard InChI is InChI=1S/C9H18O5Si/c1-4-11-7(8(10)14-15)9(12-5-2)13-6-3/h4-6H2,1-3,15H3. The first-order valence-electron chi connectivity index (χ1n) is 4.92. The summed E-state index contributed by atoms with van der Waals surface area (Å²) in [5.41, 5.74) is 0. The lowest BCUT2D eigenvalue weighted by Crippen LogP contribution is -2.15. The molecule has 0 saturated heterocycles. The molecule has 0 saturated carbocycles. The van der Waals surface area contributed by atoms with Crippen LogP contribution in [-0.4, -0.2) is 36.3 Å². The Bertz CT molecular complexity index is 219. The van der Waals surface area contributed by atoms with E-state index in [1.807, 2.05) is 0 Å². The lowest BCUT2D eigenvalue weighted by atomic mass is 10.5. The maximum atomic E-state index is 11.4. The van der Waals surface area contributed by atoms with E-state index in [-0.39, 0.29) is 11.7 Å². The van der Waals surface area contributed by atoms with Gasteiger partial charge in [-0.2, -0.15) is 0 Å². The second-order valence-corrected chi connectivity index (χ2v) is 2.82. The highest BCUT2D eigenvalue weighted by molar-refractivity contribution is 6.08. The van der Waals surface area contributed by atoms with Crippen molar-refractivity contribution < 1.29 is 23.4 Å². The van der Waals surface area contributed by atoms with Crippen LogP contribution in [0.4, 0.5) is 0 Å². The van der Waals surface area contributed by atoms with Gasteiger partial charge in [-0.15, -0.1) is 0 Å². The van der Waals surface area contributed by atoms with Crippen molar-refractivity contribution in [2.45, 2.75) is 20.8 Å². The molecule has 0 atom stereocenters. The second-order valence-electron chi connectivity index (χ2n) is 2.41. The Balaban J connectivity index is 4.85. The van der Waals surface area contributed by atoms with E-state index in [1.54, 1.807) is 20.8 Å². The van der Waals surface area contributed by atoms with Gasteiger partial charge in [-0.1, -0.05) is 0 Å². The van der Waals surface area contributed by atoms with Gasteiger partial charge < -0.3 is 18.6 Å². The van der Waals surface area contributed by atoms with Crippen LogP contribution < -0.4 is 0 Å². The fraction of sp³-hybridized carbons (Fsp3) is 0.667. The summed E-state index contributed by atoms with van der Waals surface area (Å²) < 4.78 is 20.2. The molecule has 88 valence electrons. The van der Waals surface area contributed by atoms with Gasteiger partial charge in [0.2, 0.25) is 10.5 Å². The molecule has 0 rings (SSSR count). The van der Waals surface area contributed by atoms with Gasteiger partial charge in [-0.25, -0.2) is 4.79 Å². The van der Waals surface area contributed by atoms with Crippen LogP contribution in [0.5, 0.6) is 0 Å². The first kappa shape index (κ1) is 13.8. The van der Waals surface area contributed by atoms with Gasteiger partial charge in [-0.05, 0) is 20.8 Å². The Morgan fingerprint density at radius 2 is 1.47 bits per heavy atom. The van der Waals surface area contributed by atoms with Crippen LogP contribution in [0, 0.1) is 0 Å². The van der Waals surface area contributed by atoms with E-state index < -0.39 is 5.97 Å². The molecule has 0 aromatic carbocycles. The Hall–Kier alpha value is -1.17. The molecule has 0 unspecified atom stereocenters. The summed E-state index contributed by atoms with van der Waals surface area (Å²) >= 11 is 0. The molecule has 0 fully saturated rings. The SMILES string of the molecule is CCOC(OCC)=C(OCC)C(=O)O[SiH3]. The average Bonchev–Trinajstić information content (AvgIpc) is 2.25. The number of hydrogen-bond donors (Lipinski definition) is 0. The molecule has 0 N–H and O–H groups in total. The smallest absolute Gasteiger partial charge is 0.367 e. The van der Waals surface area contributed by atoms with Crippen molar-refractivity contribution in [3.63, 3.8) is 0 Å². The van der Waals surface area contributed by atoms with Crippen LogP contribution in [-0.2, 0) is 23.4 Å². The third kappa shape index (κ3) is 4.73. The van der Waals surface area contributed by atoms with E-state index in [0.717, 1.165) is 0 Å². The number of ether oxygens (including phenoxy) is 3. The van der Waals surface area contributed by atoms with Crippen molar-refractivity contribution in [1.29, 1.82) is 0 Å². The number of rotatable bonds is 7. The van der Waals surface area contributed by atoms with Crippen LogP contribution in [0.1, 0.15) is 20.8 Å². The molecule has 0 spiro atoms. The van der Waals surface area contributed by atoms with Gasteiger partial charge in [0.25, 0.3) is 5.76 Å². The highest BCUT2D eigenvalue weighted by Gasteiger charge is 2.20. The largest absolute Gasteiger partial charge is 0.523 e. The lowest BCUT2D eigenvalue weighted by molar-refractivity contribution is -0.135. The predicted octanol–water partition coefficient (Wildman–Crippen LogP) is 0.0886. The fourth-order valence-electron chi connectivity index (χ4n) is 0.873. The van der Waals surface area contributed by atoms with E-state index >= 15 is 0 Å². The van der Waals surface area contributed by atoms with E-state index in [0.29, 0.717) is 30.3 Å². The van der Waals surface area contributed by atoms with Crippen LogP contribution in [0.25, 0.3) is 0 Å². The summed E-state index contributed by atoms with van der Waals surface area (Å²) in [6.07, 6.45) is 0. The minimum Gasteiger partial charge on any atom is -0.523 e. The van der Waals surface area contributed by atoms with Crippen LogP contribution in [0.3, 0.4) is 0 Å². The summed E-state index contributed by atoms with van der Waals surface area (Å²) in [6.45, 7) is 6.54. The summed E-state index contributed by atoms with van der Waals surface area (Å²) in [6, 6.07) is 0. The third-order valence-corrected chi connectivity index (χ3v) is 1.77. The molecule has 5 nitrogen and oxygen atoms in total. The van der Waals surface area contributed by atoms with Crippen molar-refractivity contribution >= 4 is 16.5 Å². The Morgan fingerprint density at radius 1 is 1.00 bits per heavy atom. The first-order valence-corrected chi connectivity index (χ1v) is 5.73. The van der Waals surface area contributed by atoms with Crippen LogP contribution in [0.2, 0.25) is 0 Å². The molecule has 0 amide bonds. The zero-order valence-corrected chi connectivity index (χ0v) is 11.7. The maximum absolute atomic E-state index is 11.4. The summed E-state index contributed by atoms with van der Waals surface area (Å²) in [5, 5.41) is 0. The Morgan fingerprint density at radius 3 is 1.80 bits per heavy atom. The summed E-state index contributed by atoms with van der Waals surface area (Å²) in [5.74, 6) is -0.431. The van der Waals surface area contributed by atoms with Crippen molar-refractivity contribution in [1.82, 2.24) is 0 Å². The summed E-state index contributed by atoms with van der Waals surface area (Å²) in [7, 11) is 0.307. The average molecular weight is 234 g/mol. The first-order chi connectivity index (χ1) is 7.21. The lowest BCUT2D eigenvalue weighted by Gasteiger charge is -2.13. The van der Waals surface area contributed by atoms with E-state index in [1.165, 1.54) is 0 Å². The molecule has 6 heteroatoms. The molecule has 0 bridgehead atoms. The number of carbonyl (C=O) groups excluding carboxylic acids is 1. The zero-order valence-electron chi connectivity index (χ0n) is 9.66. The topological polar surface area (TPSA) is 54.0 Å².